The van der Waals surface area contributed by atoms with Crippen LogP contribution in [0.5, 0.6) is 0 Å². The largest absolute Gasteiger partial charge is 0.351 e. The van der Waals surface area contributed by atoms with Crippen LogP contribution in [-0.2, 0) is 0 Å². The number of para-hydroxylation sites is 1. The van der Waals surface area contributed by atoms with Crippen LogP contribution in [0.4, 0.5) is 5.13 Å². The van der Waals surface area contributed by atoms with Crippen molar-refractivity contribution in [1.82, 2.24) is 15.2 Å². The number of carbonyl (C=O) groups is 1. The first kappa shape index (κ1) is 19.9. The highest BCUT2D eigenvalue weighted by atomic mass is 32.1. The number of hydrogen-bond donors (Lipinski definition) is 1. The van der Waals surface area contributed by atoms with Crippen LogP contribution < -0.4 is 10.2 Å². The molecule has 2 heterocycles. The standard InChI is InChI=1S/C23H28N4OS/c1-16-7-8-17(2)19(15-16)22(28)24-9-10-26-11-13-27(14-12-26)23-25-21-18(3)5-4-6-20(21)29-23/h4-8,15H,9-14H2,1-3H3,(H,24,28). The number of hydrogen-bond acceptors (Lipinski definition) is 5. The first-order valence-electron chi connectivity index (χ1n) is 10.2. The summed E-state index contributed by atoms with van der Waals surface area (Å²) in [5, 5.41) is 4.20. The highest BCUT2D eigenvalue weighted by Gasteiger charge is 2.20. The number of amides is 1. The fourth-order valence-electron chi connectivity index (χ4n) is 3.78. The zero-order chi connectivity index (χ0) is 20.4. The van der Waals surface area contributed by atoms with Gasteiger partial charge >= 0.3 is 0 Å². The van der Waals surface area contributed by atoms with E-state index in [2.05, 4.69) is 40.2 Å². The molecule has 0 bridgehead atoms. The Morgan fingerprint density at radius 2 is 1.86 bits per heavy atom. The fourth-order valence-corrected chi connectivity index (χ4v) is 4.87. The topological polar surface area (TPSA) is 48.5 Å². The number of nitrogens with one attached hydrogen (secondary N) is 1. The summed E-state index contributed by atoms with van der Waals surface area (Å²) >= 11 is 1.78. The van der Waals surface area contributed by atoms with Crippen molar-refractivity contribution in [3.63, 3.8) is 0 Å². The molecule has 29 heavy (non-hydrogen) atoms. The zero-order valence-corrected chi connectivity index (χ0v) is 18.2. The highest BCUT2D eigenvalue weighted by Crippen LogP contribution is 2.30. The minimum Gasteiger partial charge on any atom is -0.351 e. The molecule has 152 valence electrons. The van der Waals surface area contributed by atoms with Crippen molar-refractivity contribution < 1.29 is 4.79 Å². The molecule has 3 aromatic rings. The van der Waals surface area contributed by atoms with E-state index in [0.29, 0.717) is 6.54 Å². The van der Waals surface area contributed by atoms with E-state index in [1.165, 1.54) is 10.3 Å². The molecular weight excluding hydrogens is 380 g/mol. The van der Waals surface area contributed by atoms with E-state index in [-0.39, 0.29) is 5.91 Å². The second-order valence-electron chi connectivity index (χ2n) is 7.82. The number of benzene rings is 2. The number of piperazine rings is 1. The first-order valence-corrected chi connectivity index (χ1v) is 11.0. The summed E-state index contributed by atoms with van der Waals surface area (Å²) in [4.78, 5) is 22.1. The summed E-state index contributed by atoms with van der Waals surface area (Å²) in [7, 11) is 0. The van der Waals surface area contributed by atoms with Gasteiger partial charge < -0.3 is 10.2 Å². The van der Waals surface area contributed by atoms with Crippen LogP contribution in [-0.4, -0.2) is 55.1 Å². The lowest BCUT2D eigenvalue weighted by molar-refractivity contribution is 0.0947. The zero-order valence-electron chi connectivity index (χ0n) is 17.4. The van der Waals surface area contributed by atoms with Crippen molar-refractivity contribution in [2.75, 3.05) is 44.2 Å². The number of rotatable bonds is 5. The summed E-state index contributed by atoms with van der Waals surface area (Å²) in [6.07, 6.45) is 0. The van der Waals surface area contributed by atoms with Gasteiger partial charge in [-0.3, -0.25) is 9.69 Å². The van der Waals surface area contributed by atoms with Crippen molar-refractivity contribution in [3.8, 4) is 0 Å². The molecule has 0 radical (unpaired) electrons. The van der Waals surface area contributed by atoms with Crippen molar-refractivity contribution >= 4 is 32.6 Å². The summed E-state index contributed by atoms with van der Waals surface area (Å²) in [5.74, 6) is 0.0229. The number of aryl methyl sites for hydroxylation is 3. The normalized spacial score (nSPS) is 15.1. The highest BCUT2D eigenvalue weighted by molar-refractivity contribution is 7.22. The van der Waals surface area contributed by atoms with Gasteiger partial charge in [-0.25, -0.2) is 4.98 Å². The molecule has 5 nitrogen and oxygen atoms in total. The maximum atomic E-state index is 12.5. The molecule has 1 N–H and O–H groups in total. The molecule has 0 unspecified atom stereocenters. The number of anilines is 1. The lowest BCUT2D eigenvalue weighted by atomic mass is 10.1. The smallest absolute Gasteiger partial charge is 0.251 e. The summed E-state index contributed by atoms with van der Waals surface area (Å²) in [6, 6.07) is 12.4. The van der Waals surface area contributed by atoms with Crippen LogP contribution in [0, 0.1) is 20.8 Å². The van der Waals surface area contributed by atoms with Crippen LogP contribution in [0.15, 0.2) is 36.4 Å². The Morgan fingerprint density at radius 1 is 1.07 bits per heavy atom. The van der Waals surface area contributed by atoms with Crippen LogP contribution in [0.3, 0.4) is 0 Å². The Balaban J connectivity index is 1.27. The third-order valence-corrected chi connectivity index (χ3v) is 6.68. The van der Waals surface area contributed by atoms with Crippen LogP contribution >= 0.6 is 11.3 Å². The summed E-state index contributed by atoms with van der Waals surface area (Å²) in [6.45, 7) is 11.6. The average molecular weight is 409 g/mol. The summed E-state index contributed by atoms with van der Waals surface area (Å²) in [5.41, 5.74) is 5.28. The van der Waals surface area contributed by atoms with Gasteiger partial charge in [0, 0.05) is 44.8 Å². The van der Waals surface area contributed by atoms with E-state index >= 15 is 0 Å². The van der Waals surface area contributed by atoms with Gasteiger partial charge in [0.15, 0.2) is 5.13 Å². The van der Waals surface area contributed by atoms with E-state index in [1.807, 2.05) is 32.0 Å². The van der Waals surface area contributed by atoms with E-state index in [4.69, 9.17) is 4.98 Å². The predicted octanol–water partition coefficient (Wildman–Crippen LogP) is 3.77. The number of aromatic nitrogens is 1. The summed E-state index contributed by atoms with van der Waals surface area (Å²) < 4.78 is 1.26. The molecule has 0 saturated carbocycles. The Kier molecular flexibility index (Phi) is 5.83. The lowest BCUT2D eigenvalue weighted by Crippen LogP contribution is -2.48. The molecule has 1 aliphatic heterocycles. The monoisotopic (exact) mass is 408 g/mol. The minimum atomic E-state index is 0.0229. The maximum Gasteiger partial charge on any atom is 0.251 e. The van der Waals surface area contributed by atoms with Crippen molar-refractivity contribution in [2.45, 2.75) is 20.8 Å². The molecule has 0 aliphatic carbocycles. The third-order valence-electron chi connectivity index (χ3n) is 5.60. The molecule has 1 amide bonds. The van der Waals surface area contributed by atoms with Crippen LogP contribution in [0.25, 0.3) is 10.2 Å². The van der Waals surface area contributed by atoms with Gasteiger partial charge in [0.2, 0.25) is 0 Å². The van der Waals surface area contributed by atoms with Gasteiger partial charge in [-0.05, 0) is 44.0 Å². The second kappa shape index (κ2) is 8.51. The van der Waals surface area contributed by atoms with Gasteiger partial charge in [-0.15, -0.1) is 0 Å². The van der Waals surface area contributed by atoms with E-state index in [1.54, 1.807) is 11.3 Å². The molecule has 2 aromatic carbocycles. The number of carbonyl (C=O) groups excluding carboxylic acids is 1. The molecule has 1 aromatic heterocycles. The Bertz CT molecular complexity index is 1020. The van der Waals surface area contributed by atoms with Gasteiger partial charge in [0.1, 0.15) is 0 Å². The SMILES string of the molecule is Cc1ccc(C)c(C(=O)NCCN2CCN(c3nc4c(C)cccc4s3)CC2)c1. The number of nitrogens with zero attached hydrogens (tertiary/aromatic N) is 3. The molecule has 0 atom stereocenters. The molecule has 0 spiro atoms. The van der Waals surface area contributed by atoms with Crippen molar-refractivity contribution in [3.05, 3.63) is 58.7 Å². The lowest BCUT2D eigenvalue weighted by Gasteiger charge is -2.34. The number of thiazole rings is 1. The minimum absolute atomic E-state index is 0.0229. The average Bonchev–Trinajstić information content (AvgIpc) is 3.16. The molecular formula is C23H28N4OS. The van der Waals surface area contributed by atoms with E-state index < -0.39 is 0 Å². The van der Waals surface area contributed by atoms with Crippen molar-refractivity contribution in [1.29, 1.82) is 0 Å². The second-order valence-corrected chi connectivity index (χ2v) is 8.83. The Labute approximate surface area is 176 Å². The number of fused-ring (bicyclic) bond motifs is 1. The third kappa shape index (κ3) is 4.43. The molecule has 1 fully saturated rings. The Hall–Kier alpha value is -2.44. The molecule has 6 heteroatoms. The van der Waals surface area contributed by atoms with Gasteiger partial charge in [-0.1, -0.05) is 41.2 Å². The Morgan fingerprint density at radius 3 is 2.62 bits per heavy atom. The van der Waals surface area contributed by atoms with Crippen LogP contribution in [0.1, 0.15) is 27.0 Å². The fraction of sp³-hybridized carbons (Fsp3) is 0.391. The van der Waals surface area contributed by atoms with E-state index in [9.17, 15) is 4.79 Å². The maximum absolute atomic E-state index is 12.5. The van der Waals surface area contributed by atoms with Gasteiger partial charge in [-0.2, -0.15) is 0 Å². The first-order chi connectivity index (χ1) is 14.0. The van der Waals surface area contributed by atoms with Gasteiger partial charge in [0.25, 0.3) is 5.91 Å². The van der Waals surface area contributed by atoms with Gasteiger partial charge in [0.05, 0.1) is 10.2 Å². The predicted molar refractivity (Wildman–Crippen MR) is 121 cm³/mol. The van der Waals surface area contributed by atoms with E-state index in [0.717, 1.165) is 60.1 Å². The molecule has 1 saturated heterocycles. The molecule has 4 rings (SSSR count). The van der Waals surface area contributed by atoms with Crippen molar-refractivity contribution in [2.24, 2.45) is 0 Å². The quantitative estimate of drug-likeness (QED) is 0.698. The molecule has 1 aliphatic rings. The van der Waals surface area contributed by atoms with Crippen LogP contribution in [0.2, 0.25) is 0 Å².